The van der Waals surface area contributed by atoms with Gasteiger partial charge in [0.15, 0.2) is 0 Å². The first-order valence-electron chi connectivity index (χ1n) is 7.81. The number of hydrogen-bond donors (Lipinski definition) is 1. The first-order valence-corrected chi connectivity index (χ1v) is 7.81. The maximum absolute atomic E-state index is 4.19. The monoisotopic (exact) mass is 281 g/mol. The van der Waals surface area contributed by atoms with E-state index in [4.69, 9.17) is 0 Å². The summed E-state index contributed by atoms with van der Waals surface area (Å²) in [4.78, 5) is 6.70. The average molecular weight is 281 g/mol. The van der Waals surface area contributed by atoms with Crippen LogP contribution in [-0.2, 0) is 6.54 Å². The van der Waals surface area contributed by atoms with Crippen LogP contribution in [0.5, 0.6) is 0 Å². The summed E-state index contributed by atoms with van der Waals surface area (Å²) >= 11 is 0. The molecule has 1 fully saturated rings. The minimum absolute atomic E-state index is 0.310. The molecule has 1 aromatic heterocycles. The Kier molecular flexibility index (Phi) is 4.51. The molecule has 3 nitrogen and oxygen atoms in total. The minimum Gasteiger partial charge on any atom is -0.371 e. The maximum atomic E-state index is 4.19. The Morgan fingerprint density at radius 2 is 1.95 bits per heavy atom. The molecule has 3 rings (SSSR count). The fourth-order valence-corrected chi connectivity index (χ4v) is 2.94. The quantitative estimate of drug-likeness (QED) is 0.908. The molecule has 0 saturated carbocycles. The van der Waals surface area contributed by atoms with E-state index in [0.717, 1.165) is 6.54 Å². The lowest BCUT2D eigenvalue weighted by molar-refractivity contribution is 0.572. The van der Waals surface area contributed by atoms with Crippen molar-refractivity contribution in [2.45, 2.75) is 32.4 Å². The zero-order valence-corrected chi connectivity index (χ0v) is 12.6. The van der Waals surface area contributed by atoms with Gasteiger partial charge < -0.3 is 10.2 Å². The normalized spacial score (nSPS) is 16.1. The van der Waals surface area contributed by atoms with Crippen LogP contribution in [0.1, 0.15) is 36.9 Å². The number of nitrogens with zero attached hydrogens (tertiary/aromatic N) is 2. The molecule has 1 aliphatic heterocycles. The molecule has 1 saturated heterocycles. The van der Waals surface area contributed by atoms with Crippen LogP contribution in [0, 0.1) is 0 Å². The number of nitrogens with one attached hydrogen (secondary N) is 1. The Balaban J connectivity index is 1.68. The Hall–Kier alpha value is -1.87. The Labute approximate surface area is 127 Å². The molecule has 0 bridgehead atoms. The van der Waals surface area contributed by atoms with Crippen molar-refractivity contribution in [2.75, 3.05) is 18.0 Å². The van der Waals surface area contributed by atoms with Crippen molar-refractivity contribution in [1.29, 1.82) is 0 Å². The number of para-hydroxylation sites is 1. The summed E-state index contributed by atoms with van der Waals surface area (Å²) in [5.74, 6) is 0. The van der Waals surface area contributed by atoms with Gasteiger partial charge in [0.05, 0.1) is 0 Å². The van der Waals surface area contributed by atoms with Gasteiger partial charge in [-0.05, 0) is 43.0 Å². The zero-order valence-electron chi connectivity index (χ0n) is 12.6. The van der Waals surface area contributed by atoms with E-state index in [0.29, 0.717) is 6.04 Å². The van der Waals surface area contributed by atoms with Crippen LogP contribution in [-0.4, -0.2) is 18.1 Å². The molecule has 1 aromatic carbocycles. The Bertz CT molecular complexity index is 562. The lowest BCUT2D eigenvalue weighted by atomic mass is 10.1. The molecule has 110 valence electrons. The van der Waals surface area contributed by atoms with Gasteiger partial charge in [-0.3, -0.25) is 4.98 Å². The highest BCUT2D eigenvalue weighted by atomic mass is 15.1. The van der Waals surface area contributed by atoms with Gasteiger partial charge in [-0.25, -0.2) is 0 Å². The van der Waals surface area contributed by atoms with Gasteiger partial charge in [0, 0.05) is 43.8 Å². The van der Waals surface area contributed by atoms with Gasteiger partial charge in [0.1, 0.15) is 0 Å². The van der Waals surface area contributed by atoms with Crippen molar-refractivity contribution in [3.63, 3.8) is 0 Å². The molecule has 2 aromatic rings. The second kappa shape index (κ2) is 6.72. The third-order valence-corrected chi connectivity index (χ3v) is 4.22. The van der Waals surface area contributed by atoms with Crippen LogP contribution >= 0.6 is 0 Å². The molecule has 0 radical (unpaired) electrons. The topological polar surface area (TPSA) is 28.2 Å². The van der Waals surface area contributed by atoms with Crippen LogP contribution in [0.2, 0.25) is 0 Å². The summed E-state index contributed by atoms with van der Waals surface area (Å²) in [7, 11) is 0. The van der Waals surface area contributed by atoms with E-state index in [1.807, 2.05) is 18.5 Å². The summed E-state index contributed by atoms with van der Waals surface area (Å²) in [6, 6.07) is 13.2. The number of pyridine rings is 1. The predicted molar refractivity (Wildman–Crippen MR) is 87.4 cm³/mol. The van der Waals surface area contributed by atoms with Crippen molar-refractivity contribution in [2.24, 2.45) is 0 Å². The molecule has 3 heteroatoms. The molecular weight excluding hydrogens is 258 g/mol. The number of hydrogen-bond acceptors (Lipinski definition) is 3. The van der Waals surface area contributed by atoms with Crippen LogP contribution in [0.3, 0.4) is 0 Å². The average Bonchev–Trinajstić information content (AvgIpc) is 3.08. The van der Waals surface area contributed by atoms with Crippen molar-refractivity contribution >= 4 is 5.69 Å². The third kappa shape index (κ3) is 3.42. The minimum atomic E-state index is 0.310. The molecule has 0 amide bonds. The highest BCUT2D eigenvalue weighted by Gasteiger charge is 2.15. The highest BCUT2D eigenvalue weighted by Crippen LogP contribution is 2.25. The van der Waals surface area contributed by atoms with Crippen molar-refractivity contribution in [3.05, 3.63) is 59.9 Å². The molecule has 2 heterocycles. The first kappa shape index (κ1) is 14.1. The molecule has 0 spiro atoms. The lowest BCUT2D eigenvalue weighted by Gasteiger charge is -2.22. The Morgan fingerprint density at radius 1 is 1.14 bits per heavy atom. The van der Waals surface area contributed by atoms with E-state index in [9.17, 15) is 0 Å². The molecule has 1 aliphatic rings. The van der Waals surface area contributed by atoms with E-state index < -0.39 is 0 Å². The summed E-state index contributed by atoms with van der Waals surface area (Å²) in [5, 5.41) is 3.61. The van der Waals surface area contributed by atoms with Crippen molar-refractivity contribution in [3.8, 4) is 0 Å². The first-order chi connectivity index (χ1) is 10.3. The van der Waals surface area contributed by atoms with Gasteiger partial charge in [-0.2, -0.15) is 0 Å². The van der Waals surface area contributed by atoms with Gasteiger partial charge in [0.2, 0.25) is 0 Å². The molecular formula is C18H23N3. The number of aromatic nitrogens is 1. The van der Waals surface area contributed by atoms with Crippen molar-refractivity contribution in [1.82, 2.24) is 10.3 Å². The largest absolute Gasteiger partial charge is 0.371 e. The number of rotatable bonds is 5. The fraction of sp³-hybridized carbons (Fsp3) is 0.389. The number of benzene rings is 1. The van der Waals surface area contributed by atoms with E-state index in [1.165, 1.54) is 42.7 Å². The van der Waals surface area contributed by atoms with Gasteiger partial charge in [-0.15, -0.1) is 0 Å². The molecule has 1 unspecified atom stereocenters. The second-order valence-corrected chi connectivity index (χ2v) is 5.71. The van der Waals surface area contributed by atoms with Crippen LogP contribution in [0.4, 0.5) is 5.69 Å². The third-order valence-electron chi connectivity index (χ3n) is 4.22. The molecule has 1 atom stereocenters. The maximum Gasteiger partial charge on any atom is 0.0411 e. The van der Waals surface area contributed by atoms with Gasteiger partial charge >= 0.3 is 0 Å². The van der Waals surface area contributed by atoms with E-state index in [-0.39, 0.29) is 0 Å². The Morgan fingerprint density at radius 3 is 2.71 bits per heavy atom. The molecule has 1 N–H and O–H groups in total. The van der Waals surface area contributed by atoms with Crippen LogP contribution in [0.25, 0.3) is 0 Å². The number of anilines is 1. The summed E-state index contributed by atoms with van der Waals surface area (Å²) in [6.07, 6.45) is 6.38. The predicted octanol–water partition coefficient (Wildman–Crippen LogP) is 3.53. The molecule has 21 heavy (non-hydrogen) atoms. The highest BCUT2D eigenvalue weighted by molar-refractivity contribution is 5.54. The SMILES string of the molecule is CC(NCc1ccccc1N1CCCC1)c1cccnc1. The van der Waals surface area contributed by atoms with Crippen molar-refractivity contribution < 1.29 is 0 Å². The molecule has 0 aliphatic carbocycles. The fourth-order valence-electron chi connectivity index (χ4n) is 2.94. The van der Waals surface area contributed by atoms with Gasteiger partial charge in [0.25, 0.3) is 0 Å². The smallest absolute Gasteiger partial charge is 0.0411 e. The van der Waals surface area contributed by atoms with Gasteiger partial charge in [-0.1, -0.05) is 24.3 Å². The zero-order chi connectivity index (χ0) is 14.5. The van der Waals surface area contributed by atoms with Crippen LogP contribution < -0.4 is 10.2 Å². The second-order valence-electron chi connectivity index (χ2n) is 5.71. The van der Waals surface area contributed by atoms with E-state index >= 15 is 0 Å². The lowest BCUT2D eigenvalue weighted by Crippen LogP contribution is -2.23. The summed E-state index contributed by atoms with van der Waals surface area (Å²) < 4.78 is 0. The van der Waals surface area contributed by atoms with Crippen LogP contribution in [0.15, 0.2) is 48.8 Å². The summed E-state index contributed by atoms with van der Waals surface area (Å²) in [6.45, 7) is 5.46. The van der Waals surface area contributed by atoms with E-state index in [2.05, 4.69) is 52.5 Å². The van der Waals surface area contributed by atoms with E-state index in [1.54, 1.807) is 0 Å². The standard InChI is InChI=1S/C18H23N3/c1-15(16-8-6-10-19-13-16)20-14-17-7-2-3-9-18(17)21-11-4-5-12-21/h2-3,6-10,13,15,20H,4-5,11-12,14H2,1H3. The summed E-state index contributed by atoms with van der Waals surface area (Å²) in [5.41, 5.74) is 4.01.